The van der Waals surface area contributed by atoms with E-state index in [1.54, 1.807) is 0 Å². The van der Waals surface area contributed by atoms with Gasteiger partial charge in [0.25, 0.3) is 0 Å². The summed E-state index contributed by atoms with van der Waals surface area (Å²) in [6, 6.07) is 34.3. The molecule has 0 saturated heterocycles. The lowest BCUT2D eigenvalue weighted by atomic mass is 10.0. The van der Waals surface area contributed by atoms with Crippen molar-refractivity contribution in [3.8, 4) is 0 Å². The maximum atomic E-state index is 2.32. The Balaban J connectivity index is 1.54. The smallest absolute Gasteiger partial charge is 0.00199 e. The van der Waals surface area contributed by atoms with E-state index in [1.807, 2.05) is 6.07 Å². The average molecular weight is 356 g/mol. The van der Waals surface area contributed by atoms with Gasteiger partial charge in [0.2, 0.25) is 0 Å². The van der Waals surface area contributed by atoms with Crippen molar-refractivity contribution in [2.24, 2.45) is 0 Å². The molecule has 28 heavy (non-hydrogen) atoms. The molecule has 0 amide bonds. The topological polar surface area (TPSA) is 0 Å². The molecule has 132 valence electrons. The number of rotatable bonds is 4. The average Bonchev–Trinajstić information content (AvgIpc) is 3.45. The minimum absolute atomic E-state index is 1.21. The van der Waals surface area contributed by atoms with E-state index in [1.165, 1.54) is 44.2 Å². The molecule has 1 aliphatic carbocycles. The molecule has 0 saturated carbocycles. The Kier molecular flexibility index (Phi) is 4.23. The van der Waals surface area contributed by atoms with Crippen LogP contribution in [0.5, 0.6) is 0 Å². The van der Waals surface area contributed by atoms with Crippen LogP contribution in [0.2, 0.25) is 0 Å². The first-order chi connectivity index (χ1) is 13.9. The van der Waals surface area contributed by atoms with Crippen LogP contribution in [0.25, 0.3) is 28.0 Å². The van der Waals surface area contributed by atoms with Gasteiger partial charge in [-0.15, -0.1) is 0 Å². The number of hydrogen-bond acceptors (Lipinski definition) is 0. The van der Waals surface area contributed by atoms with Gasteiger partial charge in [0.15, 0.2) is 0 Å². The van der Waals surface area contributed by atoms with Crippen LogP contribution in [0.1, 0.15) is 22.3 Å². The van der Waals surface area contributed by atoms with Crippen molar-refractivity contribution in [1.82, 2.24) is 0 Å². The second-order valence-electron chi connectivity index (χ2n) is 7.03. The number of hydrogen-bond donors (Lipinski definition) is 0. The van der Waals surface area contributed by atoms with Gasteiger partial charge in [0, 0.05) is 0 Å². The molecule has 0 atom stereocenters. The lowest BCUT2D eigenvalue weighted by Crippen LogP contribution is -1.79. The zero-order valence-corrected chi connectivity index (χ0v) is 15.5. The van der Waals surface area contributed by atoms with Gasteiger partial charge in [-0.05, 0) is 56.3 Å². The van der Waals surface area contributed by atoms with Gasteiger partial charge < -0.3 is 0 Å². The molecule has 4 aromatic carbocycles. The number of allylic oxidation sites excluding steroid dienone is 4. The van der Waals surface area contributed by atoms with E-state index < -0.39 is 0 Å². The SMILES string of the molecule is C(/C=C/c1ccccc1)=C\C(=C1c2cc3ccccc3cc21)c1ccccc1. The van der Waals surface area contributed by atoms with Crippen LogP contribution in [0.3, 0.4) is 0 Å². The molecule has 0 radical (unpaired) electrons. The van der Waals surface area contributed by atoms with Crippen LogP contribution in [0, 0.1) is 0 Å². The van der Waals surface area contributed by atoms with Gasteiger partial charge in [0.1, 0.15) is 0 Å². The molecule has 0 N–H and O–H groups in total. The summed E-state index contributed by atoms with van der Waals surface area (Å²) in [5.74, 6) is 0. The number of fused-ring (bicyclic) bond motifs is 2. The summed E-state index contributed by atoms with van der Waals surface area (Å²) < 4.78 is 0. The minimum atomic E-state index is 1.21. The van der Waals surface area contributed by atoms with Crippen molar-refractivity contribution < 1.29 is 0 Å². The van der Waals surface area contributed by atoms with Gasteiger partial charge in [-0.25, -0.2) is 0 Å². The number of benzene rings is 4. The zero-order valence-electron chi connectivity index (χ0n) is 15.5. The van der Waals surface area contributed by atoms with Crippen molar-refractivity contribution in [2.75, 3.05) is 0 Å². The minimum Gasteiger partial charge on any atom is -0.0622 e. The molecule has 4 aromatic rings. The van der Waals surface area contributed by atoms with Crippen molar-refractivity contribution in [1.29, 1.82) is 0 Å². The first-order valence-electron chi connectivity index (χ1n) is 9.63. The largest absolute Gasteiger partial charge is 0.0622 e. The molecule has 5 rings (SSSR count). The molecule has 1 aliphatic rings. The highest BCUT2D eigenvalue weighted by Crippen LogP contribution is 2.49. The van der Waals surface area contributed by atoms with Crippen LogP contribution in [0.15, 0.2) is 115 Å². The Labute approximate surface area is 165 Å². The van der Waals surface area contributed by atoms with E-state index in [-0.39, 0.29) is 0 Å². The summed E-state index contributed by atoms with van der Waals surface area (Å²) >= 11 is 0. The second-order valence-corrected chi connectivity index (χ2v) is 7.03. The fourth-order valence-electron chi connectivity index (χ4n) is 3.72. The molecule has 0 fully saturated rings. The van der Waals surface area contributed by atoms with Crippen LogP contribution in [-0.2, 0) is 0 Å². The highest BCUT2D eigenvalue weighted by atomic mass is 14.3. The molecule has 0 heterocycles. The third-order valence-corrected chi connectivity index (χ3v) is 5.18. The zero-order chi connectivity index (χ0) is 18.8. The Morgan fingerprint density at radius 2 is 1.14 bits per heavy atom. The van der Waals surface area contributed by atoms with Gasteiger partial charge in [0.05, 0.1) is 0 Å². The van der Waals surface area contributed by atoms with Crippen molar-refractivity contribution in [3.63, 3.8) is 0 Å². The van der Waals surface area contributed by atoms with Gasteiger partial charge >= 0.3 is 0 Å². The first-order valence-corrected chi connectivity index (χ1v) is 9.63. The standard InChI is InChI=1S/C28H20/c1-3-11-21(12-4-1)13-7-10-18-25(22-14-5-2-6-15-22)28-26-19-23-16-8-9-17-24(23)20-27(26)28/h1-20H/b13-7+,18-10+. The summed E-state index contributed by atoms with van der Waals surface area (Å²) in [5.41, 5.74) is 7.85. The monoisotopic (exact) mass is 356 g/mol. The van der Waals surface area contributed by atoms with Crippen LogP contribution >= 0.6 is 0 Å². The quantitative estimate of drug-likeness (QED) is 0.295. The highest BCUT2D eigenvalue weighted by Gasteiger charge is 2.28. The lowest BCUT2D eigenvalue weighted by molar-refractivity contribution is 1.63. The molecule has 0 heteroatoms. The van der Waals surface area contributed by atoms with Gasteiger partial charge in [-0.1, -0.05) is 109 Å². The maximum absolute atomic E-state index is 2.32. The molecular formula is C28H20. The summed E-state index contributed by atoms with van der Waals surface area (Å²) in [6.45, 7) is 0. The van der Waals surface area contributed by atoms with Gasteiger partial charge in [-0.2, -0.15) is 0 Å². The fourth-order valence-corrected chi connectivity index (χ4v) is 3.72. The van der Waals surface area contributed by atoms with Gasteiger partial charge in [-0.3, -0.25) is 0 Å². The Morgan fingerprint density at radius 3 is 1.79 bits per heavy atom. The Morgan fingerprint density at radius 1 is 0.571 bits per heavy atom. The predicted octanol–water partition coefficient (Wildman–Crippen LogP) is 7.38. The van der Waals surface area contributed by atoms with E-state index in [9.17, 15) is 0 Å². The molecule has 0 aliphatic heterocycles. The fraction of sp³-hybridized carbons (Fsp3) is 0. The summed E-state index contributed by atoms with van der Waals surface area (Å²) in [4.78, 5) is 0. The third kappa shape index (κ3) is 3.21. The Bertz CT molecular complexity index is 1180. The first kappa shape index (κ1) is 16.5. The van der Waals surface area contributed by atoms with Crippen LogP contribution in [-0.4, -0.2) is 0 Å². The molecule has 0 bridgehead atoms. The van der Waals surface area contributed by atoms with Crippen molar-refractivity contribution in [2.45, 2.75) is 0 Å². The molecule has 0 aromatic heterocycles. The van der Waals surface area contributed by atoms with E-state index in [2.05, 4.69) is 115 Å². The van der Waals surface area contributed by atoms with Crippen LogP contribution < -0.4 is 0 Å². The summed E-state index contributed by atoms with van der Waals surface area (Å²) in [6.07, 6.45) is 8.62. The molecule has 0 nitrogen and oxygen atoms in total. The van der Waals surface area contributed by atoms with Crippen molar-refractivity contribution in [3.05, 3.63) is 138 Å². The summed E-state index contributed by atoms with van der Waals surface area (Å²) in [5, 5.41) is 2.60. The third-order valence-electron chi connectivity index (χ3n) is 5.18. The summed E-state index contributed by atoms with van der Waals surface area (Å²) in [7, 11) is 0. The van der Waals surface area contributed by atoms with E-state index in [0.29, 0.717) is 0 Å². The van der Waals surface area contributed by atoms with E-state index in [4.69, 9.17) is 0 Å². The van der Waals surface area contributed by atoms with E-state index in [0.717, 1.165) is 0 Å². The second kappa shape index (κ2) is 7.17. The molecule has 0 spiro atoms. The van der Waals surface area contributed by atoms with E-state index >= 15 is 0 Å². The van der Waals surface area contributed by atoms with Crippen molar-refractivity contribution >= 4 is 28.0 Å². The highest BCUT2D eigenvalue weighted by molar-refractivity contribution is 6.17. The molecule has 0 unspecified atom stereocenters. The normalized spacial score (nSPS) is 12.6. The molecular weight excluding hydrogens is 336 g/mol. The maximum Gasteiger partial charge on any atom is -0.00199 e. The Hall–Kier alpha value is -3.64. The predicted molar refractivity (Wildman–Crippen MR) is 121 cm³/mol. The van der Waals surface area contributed by atoms with Crippen LogP contribution in [0.4, 0.5) is 0 Å². The lowest BCUT2D eigenvalue weighted by Gasteiger charge is -2.01.